The summed E-state index contributed by atoms with van der Waals surface area (Å²) >= 11 is 0. The summed E-state index contributed by atoms with van der Waals surface area (Å²) in [5.74, 6) is 0.495. The number of benzene rings is 2. The lowest BCUT2D eigenvalue weighted by Gasteiger charge is -2.35. The molecular formula is C27H37NO4S. The zero-order valence-corrected chi connectivity index (χ0v) is 21.1. The van der Waals surface area contributed by atoms with Gasteiger partial charge in [-0.05, 0) is 75.1 Å². The third-order valence-electron chi connectivity index (χ3n) is 6.04. The molecule has 2 aromatic rings. The van der Waals surface area contributed by atoms with E-state index in [2.05, 4.69) is 35.6 Å². The van der Waals surface area contributed by atoms with Crippen LogP contribution in [0.3, 0.4) is 0 Å². The van der Waals surface area contributed by atoms with Crippen LogP contribution >= 0.6 is 0 Å². The molecule has 2 atom stereocenters. The van der Waals surface area contributed by atoms with Gasteiger partial charge in [0.25, 0.3) is 0 Å². The Morgan fingerprint density at radius 1 is 1.06 bits per heavy atom. The summed E-state index contributed by atoms with van der Waals surface area (Å²) < 4.78 is 30.0. The van der Waals surface area contributed by atoms with Crippen LogP contribution < -0.4 is 5.32 Å². The zero-order valence-electron chi connectivity index (χ0n) is 20.3. The number of hydrogen-bond acceptors (Lipinski definition) is 4. The molecule has 2 aromatic carbocycles. The average molecular weight is 472 g/mol. The Kier molecular flexibility index (Phi) is 8.22. The number of ether oxygens (including phenoxy) is 1. The number of nitrogens with one attached hydrogen (secondary N) is 1. The van der Waals surface area contributed by atoms with Crippen molar-refractivity contribution < 1.29 is 17.9 Å². The summed E-state index contributed by atoms with van der Waals surface area (Å²) in [6.07, 6.45) is 3.27. The molecule has 0 saturated carbocycles. The molecule has 0 bridgehead atoms. The molecule has 33 heavy (non-hydrogen) atoms. The fourth-order valence-electron chi connectivity index (χ4n) is 4.54. The van der Waals surface area contributed by atoms with Gasteiger partial charge < -0.3 is 10.1 Å². The van der Waals surface area contributed by atoms with Crippen LogP contribution in [-0.4, -0.2) is 37.7 Å². The van der Waals surface area contributed by atoms with Gasteiger partial charge in [0, 0.05) is 17.7 Å². The predicted molar refractivity (Wildman–Crippen MR) is 133 cm³/mol. The number of rotatable bonds is 8. The molecule has 1 aliphatic rings. The molecule has 0 aromatic heterocycles. The van der Waals surface area contributed by atoms with Gasteiger partial charge in [0.05, 0.1) is 5.75 Å². The fraction of sp³-hybridized carbons (Fsp3) is 0.519. The quantitative estimate of drug-likeness (QED) is 0.573. The van der Waals surface area contributed by atoms with E-state index in [0.29, 0.717) is 12.8 Å². The highest BCUT2D eigenvalue weighted by Crippen LogP contribution is 2.35. The fourth-order valence-corrected chi connectivity index (χ4v) is 5.91. The van der Waals surface area contributed by atoms with E-state index in [0.717, 1.165) is 24.8 Å². The molecule has 1 aliphatic carbocycles. The molecule has 0 saturated heterocycles. The molecule has 0 heterocycles. The number of sulfone groups is 1. The first-order valence-electron chi connectivity index (χ1n) is 11.9. The van der Waals surface area contributed by atoms with Crippen molar-refractivity contribution in [3.8, 4) is 0 Å². The van der Waals surface area contributed by atoms with Gasteiger partial charge in [-0.25, -0.2) is 13.2 Å². The number of carbonyl (C=O) groups is 1. The number of alkyl carbamates (subject to hydrolysis) is 1. The zero-order chi connectivity index (χ0) is 24.1. The molecular weight excluding hydrogens is 434 g/mol. The van der Waals surface area contributed by atoms with Gasteiger partial charge in [0.2, 0.25) is 0 Å². The van der Waals surface area contributed by atoms with Crippen LogP contribution in [0.5, 0.6) is 0 Å². The lowest BCUT2D eigenvalue weighted by molar-refractivity contribution is 0.0491. The first-order chi connectivity index (χ1) is 15.6. The second-order valence-electron chi connectivity index (χ2n) is 10.0. The van der Waals surface area contributed by atoms with Crippen LogP contribution in [0.15, 0.2) is 48.5 Å². The second-order valence-corrected chi connectivity index (χ2v) is 12.3. The first-order valence-corrected chi connectivity index (χ1v) is 13.7. The Hall–Kier alpha value is -2.34. The molecule has 6 heteroatoms. The summed E-state index contributed by atoms with van der Waals surface area (Å²) in [6, 6.07) is 16.6. The van der Waals surface area contributed by atoms with Crippen molar-refractivity contribution in [2.24, 2.45) is 0 Å². The van der Waals surface area contributed by atoms with Crippen LogP contribution in [0.1, 0.15) is 68.7 Å². The lowest BCUT2D eigenvalue weighted by atomic mass is 9.75. The van der Waals surface area contributed by atoms with E-state index in [1.165, 1.54) is 16.7 Å². The second kappa shape index (κ2) is 10.7. The number of aryl methyl sites for hydroxylation is 2. The Labute approximate surface area is 198 Å². The van der Waals surface area contributed by atoms with Gasteiger partial charge in [-0.2, -0.15) is 0 Å². The van der Waals surface area contributed by atoms with Crippen molar-refractivity contribution >= 4 is 15.9 Å². The van der Waals surface area contributed by atoms with E-state index < -0.39 is 21.5 Å². The lowest BCUT2D eigenvalue weighted by Crippen LogP contribution is -2.44. The highest BCUT2D eigenvalue weighted by molar-refractivity contribution is 7.91. The van der Waals surface area contributed by atoms with Gasteiger partial charge in [0.1, 0.15) is 5.60 Å². The van der Waals surface area contributed by atoms with Crippen molar-refractivity contribution in [3.05, 3.63) is 70.8 Å². The molecule has 1 amide bonds. The van der Waals surface area contributed by atoms with Crippen molar-refractivity contribution in [2.45, 2.75) is 77.4 Å². The Morgan fingerprint density at radius 3 is 2.45 bits per heavy atom. The third kappa shape index (κ3) is 7.60. The molecule has 0 aliphatic heterocycles. The van der Waals surface area contributed by atoms with Crippen molar-refractivity contribution in [2.75, 3.05) is 11.5 Å². The van der Waals surface area contributed by atoms with Crippen LogP contribution in [-0.2, 0) is 33.8 Å². The van der Waals surface area contributed by atoms with E-state index >= 15 is 0 Å². The summed E-state index contributed by atoms with van der Waals surface area (Å²) in [6.45, 7) is 7.48. The normalized spacial score (nSPS) is 18.4. The van der Waals surface area contributed by atoms with Gasteiger partial charge in [-0.15, -0.1) is 0 Å². The minimum Gasteiger partial charge on any atom is -0.444 e. The summed E-state index contributed by atoms with van der Waals surface area (Å²) in [4.78, 5) is 12.6. The summed E-state index contributed by atoms with van der Waals surface area (Å²) in [7, 11) is -3.03. The predicted octanol–water partition coefficient (Wildman–Crippen LogP) is 5.22. The maximum atomic E-state index is 12.6. The SMILES string of the molecule is CCCS(=O)(=O)CCc1ccc2c(c1)C(Cc1ccccc1)C(NC(=O)OC(C)(C)C)CC2. The number of amides is 1. The molecule has 1 N–H and O–H groups in total. The van der Waals surface area contributed by atoms with E-state index in [9.17, 15) is 13.2 Å². The molecule has 0 spiro atoms. The van der Waals surface area contributed by atoms with E-state index in [4.69, 9.17) is 4.74 Å². The van der Waals surface area contributed by atoms with Crippen molar-refractivity contribution in [3.63, 3.8) is 0 Å². The molecule has 180 valence electrons. The highest BCUT2D eigenvalue weighted by Gasteiger charge is 2.32. The number of hydrogen-bond donors (Lipinski definition) is 1. The van der Waals surface area contributed by atoms with Gasteiger partial charge in [0.15, 0.2) is 9.84 Å². The molecule has 0 fully saturated rings. The highest BCUT2D eigenvalue weighted by atomic mass is 32.2. The monoisotopic (exact) mass is 471 g/mol. The smallest absolute Gasteiger partial charge is 0.407 e. The first kappa shape index (κ1) is 25.3. The minimum atomic E-state index is -3.03. The largest absolute Gasteiger partial charge is 0.444 e. The minimum absolute atomic E-state index is 0.0494. The Morgan fingerprint density at radius 2 is 1.79 bits per heavy atom. The average Bonchev–Trinajstić information content (AvgIpc) is 2.73. The Bertz CT molecular complexity index is 1040. The number of fused-ring (bicyclic) bond motifs is 1. The van der Waals surface area contributed by atoms with Gasteiger partial charge >= 0.3 is 6.09 Å². The van der Waals surface area contributed by atoms with Crippen LogP contribution in [0.2, 0.25) is 0 Å². The molecule has 2 unspecified atom stereocenters. The standard InChI is InChI=1S/C27H37NO4S/c1-5-16-33(30,31)17-15-21-11-12-22-13-14-25(28-26(29)32-27(2,3)4)24(23(22)18-21)19-20-9-7-6-8-10-20/h6-12,18,24-25H,5,13-17,19H2,1-4H3,(H,28,29). The van der Waals surface area contributed by atoms with Gasteiger partial charge in [-0.3, -0.25) is 0 Å². The van der Waals surface area contributed by atoms with Crippen LogP contribution in [0.4, 0.5) is 4.79 Å². The van der Waals surface area contributed by atoms with E-state index in [1.54, 1.807) is 0 Å². The maximum absolute atomic E-state index is 12.6. The molecule has 3 rings (SSSR count). The van der Waals surface area contributed by atoms with Crippen molar-refractivity contribution in [1.82, 2.24) is 5.32 Å². The van der Waals surface area contributed by atoms with Crippen LogP contribution in [0.25, 0.3) is 0 Å². The number of carbonyl (C=O) groups excluding carboxylic acids is 1. The summed E-state index contributed by atoms with van der Waals surface area (Å²) in [5.41, 5.74) is 4.17. The van der Waals surface area contributed by atoms with E-state index in [1.807, 2.05) is 45.9 Å². The van der Waals surface area contributed by atoms with Crippen molar-refractivity contribution in [1.29, 1.82) is 0 Å². The van der Waals surface area contributed by atoms with Crippen LogP contribution in [0, 0.1) is 0 Å². The molecule has 5 nitrogen and oxygen atoms in total. The maximum Gasteiger partial charge on any atom is 0.407 e. The third-order valence-corrected chi connectivity index (χ3v) is 7.89. The Balaban J connectivity index is 1.86. The summed E-state index contributed by atoms with van der Waals surface area (Å²) in [5, 5.41) is 3.12. The topological polar surface area (TPSA) is 72.5 Å². The molecule has 0 radical (unpaired) electrons. The van der Waals surface area contributed by atoms with E-state index in [-0.39, 0.29) is 23.5 Å². The van der Waals surface area contributed by atoms with Gasteiger partial charge in [-0.1, -0.05) is 55.5 Å².